The quantitative estimate of drug-likeness (QED) is 0.815. The topological polar surface area (TPSA) is 33.2 Å². The van der Waals surface area contributed by atoms with Gasteiger partial charge >= 0.3 is 0 Å². The van der Waals surface area contributed by atoms with E-state index < -0.39 is 0 Å². The van der Waals surface area contributed by atoms with Crippen molar-refractivity contribution in [1.29, 1.82) is 0 Å². The molecule has 82 valence electrons. The van der Waals surface area contributed by atoms with Crippen LogP contribution in [0.2, 0.25) is 0 Å². The average molecular weight is 232 g/mol. The summed E-state index contributed by atoms with van der Waals surface area (Å²) in [6.45, 7) is 2.62. The molecule has 0 saturated carbocycles. The van der Waals surface area contributed by atoms with Gasteiger partial charge in [0.1, 0.15) is 4.88 Å². The molecule has 0 unspecified atom stereocenters. The molecule has 2 rings (SSSR count). The number of hydrogen-bond acceptors (Lipinski definition) is 3. The lowest BCUT2D eigenvalue weighted by Crippen LogP contribution is -2.29. The Balaban J connectivity index is 2.27. The van der Waals surface area contributed by atoms with Gasteiger partial charge in [-0.2, -0.15) is 0 Å². The molecule has 3 nitrogen and oxygen atoms in total. The summed E-state index contributed by atoms with van der Waals surface area (Å²) >= 11 is 1.37. The summed E-state index contributed by atoms with van der Waals surface area (Å²) in [5.41, 5.74) is 2.59. The third-order valence-corrected chi connectivity index (χ3v) is 3.03. The van der Waals surface area contributed by atoms with Crippen molar-refractivity contribution in [2.75, 3.05) is 11.4 Å². The molecule has 1 amide bonds. The number of benzene rings is 1. The molecule has 2 aromatic rings. The van der Waals surface area contributed by atoms with E-state index in [-0.39, 0.29) is 5.91 Å². The highest BCUT2D eigenvalue weighted by Gasteiger charge is 2.16. The van der Waals surface area contributed by atoms with Gasteiger partial charge in [0, 0.05) is 12.2 Å². The van der Waals surface area contributed by atoms with Crippen LogP contribution in [0.15, 0.2) is 42.0 Å². The Labute approximate surface area is 98.4 Å². The molecule has 0 N–H and O–H groups in total. The average Bonchev–Trinajstić information content (AvgIpc) is 2.85. The van der Waals surface area contributed by atoms with Crippen LogP contribution in [0.4, 0.5) is 5.69 Å². The first-order valence-corrected chi connectivity index (χ1v) is 5.96. The molecule has 0 saturated heterocycles. The second-order valence-corrected chi connectivity index (χ2v) is 4.14. The van der Waals surface area contributed by atoms with Gasteiger partial charge in [0.05, 0.1) is 11.7 Å². The van der Waals surface area contributed by atoms with Crippen molar-refractivity contribution in [3.8, 4) is 0 Å². The summed E-state index contributed by atoms with van der Waals surface area (Å²) < 4.78 is 0. The third-order valence-electron chi connectivity index (χ3n) is 2.27. The van der Waals surface area contributed by atoms with Crippen molar-refractivity contribution in [2.45, 2.75) is 6.92 Å². The molecule has 0 atom stereocenters. The molecule has 0 spiro atoms. The number of amides is 1. The first kappa shape index (κ1) is 10.8. The maximum atomic E-state index is 12.1. The van der Waals surface area contributed by atoms with Crippen LogP contribution in [0.3, 0.4) is 0 Å². The SMILES string of the molecule is CCN(C(=O)c1cncs1)c1ccccc1. The van der Waals surface area contributed by atoms with E-state index in [1.807, 2.05) is 37.3 Å². The predicted molar refractivity (Wildman–Crippen MR) is 65.9 cm³/mol. The number of carbonyl (C=O) groups excluding carboxylic acids is 1. The van der Waals surface area contributed by atoms with Crippen LogP contribution < -0.4 is 4.90 Å². The molecule has 0 aliphatic heterocycles. The molecule has 1 aromatic heterocycles. The first-order valence-electron chi connectivity index (χ1n) is 5.08. The van der Waals surface area contributed by atoms with Crippen molar-refractivity contribution in [3.63, 3.8) is 0 Å². The number of carbonyl (C=O) groups is 1. The summed E-state index contributed by atoms with van der Waals surface area (Å²) in [6, 6.07) is 9.66. The zero-order valence-electron chi connectivity index (χ0n) is 8.96. The Hall–Kier alpha value is -1.68. The van der Waals surface area contributed by atoms with Gasteiger partial charge in [0.15, 0.2) is 0 Å². The lowest BCUT2D eigenvalue weighted by atomic mass is 10.3. The lowest BCUT2D eigenvalue weighted by Gasteiger charge is -2.19. The molecule has 0 fully saturated rings. The Kier molecular flexibility index (Phi) is 3.31. The Morgan fingerprint density at radius 1 is 1.38 bits per heavy atom. The van der Waals surface area contributed by atoms with Gasteiger partial charge in [-0.1, -0.05) is 18.2 Å². The third kappa shape index (κ3) is 2.12. The molecule has 16 heavy (non-hydrogen) atoms. The Bertz CT molecular complexity index is 453. The van der Waals surface area contributed by atoms with Crippen molar-refractivity contribution < 1.29 is 4.79 Å². The minimum absolute atomic E-state index is 0.0104. The zero-order valence-corrected chi connectivity index (χ0v) is 9.78. The normalized spacial score (nSPS) is 10.1. The molecular weight excluding hydrogens is 220 g/mol. The summed E-state index contributed by atoms with van der Waals surface area (Å²) in [5, 5.41) is 0. The van der Waals surface area contributed by atoms with E-state index >= 15 is 0 Å². The van der Waals surface area contributed by atoms with Crippen molar-refractivity contribution in [2.24, 2.45) is 0 Å². The van der Waals surface area contributed by atoms with Crippen molar-refractivity contribution >= 4 is 22.9 Å². The second kappa shape index (κ2) is 4.90. The summed E-state index contributed by atoms with van der Waals surface area (Å²) in [6.07, 6.45) is 1.61. The minimum Gasteiger partial charge on any atom is -0.308 e. The number of anilines is 1. The van der Waals surface area contributed by atoms with Crippen molar-refractivity contribution in [1.82, 2.24) is 4.98 Å². The molecule has 0 aliphatic carbocycles. The van der Waals surface area contributed by atoms with Gasteiger partial charge in [-0.3, -0.25) is 9.78 Å². The highest BCUT2D eigenvalue weighted by Crippen LogP contribution is 2.17. The van der Waals surface area contributed by atoms with Gasteiger partial charge in [0.2, 0.25) is 0 Å². The number of hydrogen-bond donors (Lipinski definition) is 0. The van der Waals surface area contributed by atoms with Gasteiger partial charge in [0.25, 0.3) is 5.91 Å². The largest absolute Gasteiger partial charge is 0.308 e. The van der Waals surface area contributed by atoms with E-state index in [4.69, 9.17) is 0 Å². The van der Waals surface area contributed by atoms with Crippen LogP contribution in [0.1, 0.15) is 16.6 Å². The van der Waals surface area contributed by atoms with Gasteiger partial charge in [-0.05, 0) is 19.1 Å². The predicted octanol–water partition coefficient (Wildman–Crippen LogP) is 2.81. The van der Waals surface area contributed by atoms with Crippen LogP contribution >= 0.6 is 11.3 Å². The van der Waals surface area contributed by atoms with Gasteiger partial charge in [-0.15, -0.1) is 11.3 Å². The second-order valence-electron chi connectivity index (χ2n) is 3.25. The van der Waals surface area contributed by atoms with E-state index in [1.165, 1.54) is 11.3 Å². The minimum atomic E-state index is 0.0104. The lowest BCUT2D eigenvalue weighted by molar-refractivity contribution is 0.0992. The summed E-state index contributed by atoms with van der Waals surface area (Å²) in [7, 11) is 0. The summed E-state index contributed by atoms with van der Waals surface area (Å²) in [4.78, 5) is 18.5. The molecule has 0 aliphatic rings. The number of thiazole rings is 1. The molecule has 1 aromatic carbocycles. The highest BCUT2D eigenvalue weighted by molar-refractivity contribution is 7.11. The molecule has 4 heteroatoms. The van der Waals surface area contributed by atoms with Crippen LogP contribution in [-0.4, -0.2) is 17.4 Å². The maximum absolute atomic E-state index is 12.1. The van der Waals surface area contributed by atoms with E-state index in [9.17, 15) is 4.79 Å². The number of rotatable bonds is 3. The maximum Gasteiger partial charge on any atom is 0.269 e. The molecule has 1 heterocycles. The van der Waals surface area contributed by atoms with E-state index in [0.717, 1.165) is 5.69 Å². The number of nitrogens with zero attached hydrogens (tertiary/aromatic N) is 2. The number of para-hydroxylation sites is 1. The van der Waals surface area contributed by atoms with E-state index in [1.54, 1.807) is 16.6 Å². The van der Waals surface area contributed by atoms with Gasteiger partial charge in [-0.25, -0.2) is 0 Å². The van der Waals surface area contributed by atoms with Crippen LogP contribution in [-0.2, 0) is 0 Å². The molecule has 0 bridgehead atoms. The van der Waals surface area contributed by atoms with Gasteiger partial charge < -0.3 is 4.90 Å². The number of aromatic nitrogens is 1. The van der Waals surface area contributed by atoms with Crippen LogP contribution in [0, 0.1) is 0 Å². The molecular formula is C12H12N2OS. The van der Waals surface area contributed by atoms with E-state index in [2.05, 4.69) is 4.98 Å². The molecule has 0 radical (unpaired) electrons. The fourth-order valence-corrected chi connectivity index (χ4v) is 2.07. The standard InChI is InChI=1S/C12H12N2OS/c1-2-14(10-6-4-3-5-7-10)12(15)11-8-13-9-16-11/h3-9H,2H2,1H3. The van der Waals surface area contributed by atoms with Crippen LogP contribution in [0.25, 0.3) is 0 Å². The highest BCUT2D eigenvalue weighted by atomic mass is 32.1. The van der Waals surface area contributed by atoms with Crippen LogP contribution in [0.5, 0.6) is 0 Å². The van der Waals surface area contributed by atoms with E-state index in [0.29, 0.717) is 11.4 Å². The smallest absolute Gasteiger partial charge is 0.269 e. The Morgan fingerprint density at radius 3 is 2.69 bits per heavy atom. The first-order chi connectivity index (χ1) is 7.83. The van der Waals surface area contributed by atoms with Crippen molar-refractivity contribution in [3.05, 3.63) is 46.9 Å². The fraction of sp³-hybridized carbons (Fsp3) is 0.167. The summed E-state index contributed by atoms with van der Waals surface area (Å²) in [5.74, 6) is 0.0104. The zero-order chi connectivity index (χ0) is 11.4. The monoisotopic (exact) mass is 232 g/mol. The fourth-order valence-electron chi connectivity index (χ4n) is 1.51. The Morgan fingerprint density at radius 2 is 2.12 bits per heavy atom.